The van der Waals surface area contributed by atoms with Gasteiger partial charge in [0.25, 0.3) is 0 Å². The summed E-state index contributed by atoms with van der Waals surface area (Å²) in [6, 6.07) is 6.81. The van der Waals surface area contributed by atoms with Crippen LogP contribution >= 0.6 is 0 Å². The number of likely N-dealkylation sites (tertiary alicyclic amines) is 1. The maximum Gasteiger partial charge on any atom is 0.0544 e. The summed E-state index contributed by atoms with van der Waals surface area (Å²) in [7, 11) is 0. The van der Waals surface area contributed by atoms with Crippen molar-refractivity contribution in [2.45, 2.75) is 46.2 Å². The van der Waals surface area contributed by atoms with E-state index in [-0.39, 0.29) is 0 Å². The lowest BCUT2D eigenvalue weighted by molar-refractivity contribution is 0.156. The quantitative estimate of drug-likeness (QED) is 0.883. The zero-order chi connectivity index (χ0) is 13.7. The molecule has 2 rings (SSSR count). The zero-order valence-corrected chi connectivity index (χ0v) is 12.5. The first-order valence-electron chi connectivity index (χ1n) is 7.57. The van der Waals surface area contributed by atoms with Crippen LogP contribution in [0.4, 0.5) is 0 Å². The van der Waals surface area contributed by atoms with Gasteiger partial charge in [0.1, 0.15) is 0 Å². The molecule has 1 aromatic rings. The molecule has 1 aliphatic heterocycles. The van der Waals surface area contributed by atoms with Crippen LogP contribution in [0.15, 0.2) is 18.2 Å². The minimum Gasteiger partial charge on any atom is -0.308 e. The lowest BCUT2D eigenvalue weighted by Gasteiger charge is -2.35. The van der Waals surface area contributed by atoms with E-state index in [9.17, 15) is 0 Å². The minimum atomic E-state index is 0.566. The smallest absolute Gasteiger partial charge is 0.0544 e. The molecule has 2 heterocycles. The number of nitrogens with one attached hydrogen (secondary N) is 1. The molecule has 0 amide bonds. The lowest BCUT2D eigenvalue weighted by atomic mass is 9.91. The van der Waals surface area contributed by atoms with E-state index < -0.39 is 0 Å². The van der Waals surface area contributed by atoms with Crippen LogP contribution in [0.2, 0.25) is 0 Å². The van der Waals surface area contributed by atoms with Gasteiger partial charge in [-0.05, 0) is 57.8 Å². The number of piperidine rings is 1. The highest BCUT2D eigenvalue weighted by atomic mass is 15.1. The minimum absolute atomic E-state index is 0.566. The van der Waals surface area contributed by atoms with Crippen LogP contribution in [0.3, 0.4) is 0 Å². The molecule has 1 saturated heterocycles. The maximum atomic E-state index is 4.55. The van der Waals surface area contributed by atoms with Gasteiger partial charge in [0.2, 0.25) is 0 Å². The number of aromatic nitrogens is 1. The van der Waals surface area contributed by atoms with Crippen LogP contribution < -0.4 is 5.32 Å². The lowest BCUT2D eigenvalue weighted by Crippen LogP contribution is -2.44. The first-order chi connectivity index (χ1) is 9.19. The predicted molar refractivity (Wildman–Crippen MR) is 80.1 cm³/mol. The largest absolute Gasteiger partial charge is 0.308 e. The van der Waals surface area contributed by atoms with Gasteiger partial charge in [0.05, 0.1) is 5.69 Å². The molecule has 2 unspecified atom stereocenters. The van der Waals surface area contributed by atoms with E-state index in [1.54, 1.807) is 0 Å². The van der Waals surface area contributed by atoms with Crippen LogP contribution in [-0.2, 0) is 6.54 Å². The highest BCUT2D eigenvalue weighted by molar-refractivity contribution is 5.09. The Bertz CT molecular complexity index is 391. The average molecular weight is 261 g/mol. The summed E-state index contributed by atoms with van der Waals surface area (Å²) < 4.78 is 0. The Kier molecular flexibility index (Phi) is 5.34. The Labute approximate surface area is 117 Å². The Balaban J connectivity index is 1.82. The molecule has 1 aromatic heterocycles. The monoisotopic (exact) mass is 261 g/mol. The third-order valence-electron chi connectivity index (χ3n) is 4.25. The molecule has 19 heavy (non-hydrogen) atoms. The highest BCUT2D eigenvalue weighted by Crippen LogP contribution is 2.19. The van der Waals surface area contributed by atoms with Gasteiger partial charge in [-0.1, -0.05) is 13.0 Å². The molecule has 106 valence electrons. The molecule has 0 spiro atoms. The van der Waals surface area contributed by atoms with E-state index in [1.807, 2.05) is 13.0 Å². The summed E-state index contributed by atoms with van der Waals surface area (Å²) >= 11 is 0. The normalized spacial score (nSPS) is 22.4. The summed E-state index contributed by atoms with van der Waals surface area (Å²) in [5, 5.41) is 3.65. The van der Waals surface area contributed by atoms with E-state index in [1.165, 1.54) is 32.5 Å². The van der Waals surface area contributed by atoms with Crippen LogP contribution in [0.5, 0.6) is 0 Å². The summed E-state index contributed by atoms with van der Waals surface area (Å²) in [6.07, 6.45) is 2.69. The molecule has 0 bridgehead atoms. The number of rotatable bonds is 5. The van der Waals surface area contributed by atoms with Crippen LogP contribution in [0, 0.1) is 12.8 Å². The SMILES string of the molecule is CCN1CCCC(C(C)NCc2cccc(C)n2)C1. The van der Waals surface area contributed by atoms with Gasteiger partial charge in [0.15, 0.2) is 0 Å². The van der Waals surface area contributed by atoms with Gasteiger partial charge in [0, 0.05) is 24.8 Å². The topological polar surface area (TPSA) is 28.2 Å². The van der Waals surface area contributed by atoms with Crippen molar-refractivity contribution in [2.24, 2.45) is 5.92 Å². The fourth-order valence-corrected chi connectivity index (χ4v) is 2.92. The van der Waals surface area contributed by atoms with Crippen molar-refractivity contribution in [3.63, 3.8) is 0 Å². The number of pyridine rings is 1. The second kappa shape index (κ2) is 7.01. The van der Waals surface area contributed by atoms with E-state index in [0.29, 0.717) is 6.04 Å². The number of hydrogen-bond acceptors (Lipinski definition) is 3. The molecular weight excluding hydrogens is 234 g/mol. The summed E-state index contributed by atoms with van der Waals surface area (Å²) in [6.45, 7) is 11.2. The fraction of sp³-hybridized carbons (Fsp3) is 0.688. The molecule has 3 nitrogen and oxygen atoms in total. The summed E-state index contributed by atoms with van der Waals surface area (Å²) in [5.41, 5.74) is 2.25. The Morgan fingerprint density at radius 2 is 2.32 bits per heavy atom. The third kappa shape index (κ3) is 4.29. The molecule has 2 atom stereocenters. The van der Waals surface area contributed by atoms with Crippen molar-refractivity contribution in [3.05, 3.63) is 29.6 Å². The van der Waals surface area contributed by atoms with Crippen molar-refractivity contribution in [1.82, 2.24) is 15.2 Å². The first-order valence-corrected chi connectivity index (χ1v) is 7.57. The van der Waals surface area contributed by atoms with Crippen LogP contribution in [0.1, 0.15) is 38.1 Å². The van der Waals surface area contributed by atoms with Gasteiger partial charge in [-0.3, -0.25) is 4.98 Å². The highest BCUT2D eigenvalue weighted by Gasteiger charge is 2.23. The van der Waals surface area contributed by atoms with Gasteiger partial charge < -0.3 is 10.2 Å². The molecule has 1 fully saturated rings. The van der Waals surface area contributed by atoms with E-state index in [2.05, 4.69) is 41.2 Å². The van der Waals surface area contributed by atoms with Crippen LogP contribution in [-0.4, -0.2) is 35.6 Å². The number of nitrogens with zero attached hydrogens (tertiary/aromatic N) is 2. The van der Waals surface area contributed by atoms with Gasteiger partial charge in [-0.2, -0.15) is 0 Å². The Hall–Kier alpha value is -0.930. The molecule has 3 heteroatoms. The molecule has 0 aliphatic carbocycles. The standard InChI is InChI=1S/C16H27N3/c1-4-19-10-6-8-15(12-19)14(3)17-11-16-9-5-7-13(2)18-16/h5,7,9,14-15,17H,4,6,8,10-12H2,1-3H3. The van der Waals surface area contributed by atoms with Gasteiger partial charge in [-0.25, -0.2) is 0 Å². The molecular formula is C16H27N3. The molecule has 1 aliphatic rings. The van der Waals surface area contributed by atoms with E-state index in [4.69, 9.17) is 0 Å². The molecule has 1 N–H and O–H groups in total. The Morgan fingerprint density at radius 1 is 1.47 bits per heavy atom. The predicted octanol–water partition coefficient (Wildman–Crippen LogP) is 2.60. The van der Waals surface area contributed by atoms with Gasteiger partial charge in [-0.15, -0.1) is 0 Å². The maximum absolute atomic E-state index is 4.55. The average Bonchev–Trinajstić information content (AvgIpc) is 2.45. The van der Waals surface area contributed by atoms with Crippen molar-refractivity contribution in [2.75, 3.05) is 19.6 Å². The first kappa shape index (κ1) is 14.5. The molecule has 0 radical (unpaired) electrons. The second-order valence-corrected chi connectivity index (χ2v) is 5.74. The van der Waals surface area contributed by atoms with Gasteiger partial charge >= 0.3 is 0 Å². The van der Waals surface area contributed by atoms with E-state index in [0.717, 1.165) is 23.9 Å². The second-order valence-electron chi connectivity index (χ2n) is 5.74. The zero-order valence-electron chi connectivity index (χ0n) is 12.5. The summed E-state index contributed by atoms with van der Waals surface area (Å²) in [4.78, 5) is 7.12. The fourth-order valence-electron chi connectivity index (χ4n) is 2.92. The van der Waals surface area contributed by atoms with Crippen molar-refractivity contribution < 1.29 is 0 Å². The Morgan fingerprint density at radius 3 is 3.05 bits per heavy atom. The number of aryl methyl sites for hydroxylation is 1. The van der Waals surface area contributed by atoms with Crippen LogP contribution in [0.25, 0.3) is 0 Å². The van der Waals surface area contributed by atoms with E-state index >= 15 is 0 Å². The summed E-state index contributed by atoms with van der Waals surface area (Å²) in [5.74, 6) is 0.776. The van der Waals surface area contributed by atoms with Crippen molar-refractivity contribution >= 4 is 0 Å². The van der Waals surface area contributed by atoms with Crippen molar-refractivity contribution in [1.29, 1.82) is 0 Å². The third-order valence-corrected chi connectivity index (χ3v) is 4.25. The molecule has 0 aromatic carbocycles. The van der Waals surface area contributed by atoms with Crippen molar-refractivity contribution in [3.8, 4) is 0 Å². The number of hydrogen-bond donors (Lipinski definition) is 1. The molecule has 0 saturated carbocycles.